The van der Waals surface area contributed by atoms with Gasteiger partial charge in [-0.1, -0.05) is 13.8 Å². The van der Waals surface area contributed by atoms with Crippen LogP contribution in [0.3, 0.4) is 0 Å². The molecule has 3 unspecified atom stereocenters. The van der Waals surface area contributed by atoms with Crippen LogP contribution in [0, 0.1) is 11.8 Å². The Kier molecular flexibility index (Phi) is 4.36. The number of carbonyl (C=O) groups is 1. The van der Waals surface area contributed by atoms with Crippen molar-refractivity contribution in [2.45, 2.75) is 59.1 Å². The van der Waals surface area contributed by atoms with E-state index in [1.807, 2.05) is 20.8 Å². The molecule has 1 aliphatic carbocycles. The maximum absolute atomic E-state index is 11.7. The molecule has 16 heavy (non-hydrogen) atoms. The highest BCUT2D eigenvalue weighted by Crippen LogP contribution is 2.30. The quantitative estimate of drug-likeness (QED) is 0.803. The molecule has 1 N–H and O–H groups in total. The summed E-state index contributed by atoms with van der Waals surface area (Å²) in [6.45, 7) is 10.5. The summed E-state index contributed by atoms with van der Waals surface area (Å²) in [7, 11) is 0. The number of rotatable bonds is 3. The van der Waals surface area contributed by atoms with Crippen molar-refractivity contribution < 1.29 is 9.53 Å². The second-order valence-corrected chi connectivity index (χ2v) is 5.99. The molecule has 3 heteroatoms. The van der Waals surface area contributed by atoms with Gasteiger partial charge < -0.3 is 10.1 Å². The normalized spacial score (nSPS) is 30.4. The monoisotopic (exact) mass is 227 g/mol. The van der Waals surface area contributed by atoms with Crippen molar-refractivity contribution in [2.75, 3.05) is 6.61 Å². The molecule has 0 aliphatic heterocycles. The molecule has 1 aliphatic rings. The molecular weight excluding hydrogens is 202 g/mol. The van der Waals surface area contributed by atoms with Crippen molar-refractivity contribution in [3.05, 3.63) is 0 Å². The number of hydrogen-bond acceptors (Lipinski definition) is 2. The van der Waals surface area contributed by atoms with Crippen LogP contribution in [0.5, 0.6) is 0 Å². The van der Waals surface area contributed by atoms with Crippen molar-refractivity contribution in [1.82, 2.24) is 5.32 Å². The van der Waals surface area contributed by atoms with Crippen LogP contribution in [0.25, 0.3) is 0 Å². The minimum Gasteiger partial charge on any atom is -0.366 e. The minimum absolute atomic E-state index is 0.0147. The molecule has 0 aromatic carbocycles. The van der Waals surface area contributed by atoms with Crippen LogP contribution in [0.1, 0.15) is 47.5 Å². The maximum Gasteiger partial charge on any atom is 0.246 e. The van der Waals surface area contributed by atoms with Crippen LogP contribution in [-0.4, -0.2) is 24.2 Å². The van der Waals surface area contributed by atoms with Gasteiger partial charge in [-0.3, -0.25) is 4.79 Å². The molecule has 1 fully saturated rings. The lowest BCUT2D eigenvalue weighted by molar-refractivity contribution is -0.131. The lowest BCUT2D eigenvalue weighted by Crippen LogP contribution is -2.40. The van der Waals surface area contributed by atoms with E-state index in [9.17, 15) is 4.79 Å². The SMILES string of the molecule is CC1CCC(NC(=O)COC(C)(C)C)C1C. The number of nitrogens with one attached hydrogen (secondary N) is 1. The third-order valence-electron chi connectivity index (χ3n) is 3.45. The Morgan fingerprint density at radius 2 is 1.94 bits per heavy atom. The summed E-state index contributed by atoms with van der Waals surface area (Å²) in [5.74, 6) is 1.31. The van der Waals surface area contributed by atoms with Crippen molar-refractivity contribution in [3.63, 3.8) is 0 Å². The summed E-state index contributed by atoms with van der Waals surface area (Å²) >= 11 is 0. The second kappa shape index (κ2) is 5.17. The van der Waals surface area contributed by atoms with Crippen LogP contribution < -0.4 is 5.32 Å². The van der Waals surface area contributed by atoms with Crippen molar-refractivity contribution in [2.24, 2.45) is 11.8 Å². The molecule has 1 rings (SSSR count). The van der Waals surface area contributed by atoms with E-state index in [0.717, 1.165) is 6.42 Å². The van der Waals surface area contributed by atoms with Gasteiger partial charge >= 0.3 is 0 Å². The second-order valence-electron chi connectivity index (χ2n) is 5.99. The molecule has 0 radical (unpaired) electrons. The molecule has 0 aromatic heterocycles. The zero-order valence-electron chi connectivity index (χ0n) is 11.2. The van der Waals surface area contributed by atoms with E-state index in [1.54, 1.807) is 0 Å². The summed E-state index contributed by atoms with van der Waals surface area (Å²) in [4.78, 5) is 11.7. The first-order valence-electron chi connectivity index (χ1n) is 6.23. The lowest BCUT2D eigenvalue weighted by atomic mass is 9.98. The Bertz CT molecular complexity index is 245. The average Bonchev–Trinajstić information content (AvgIpc) is 2.46. The van der Waals surface area contributed by atoms with E-state index in [4.69, 9.17) is 4.74 Å². The molecule has 1 amide bonds. The summed E-state index contributed by atoms with van der Waals surface area (Å²) in [5.41, 5.74) is -0.244. The average molecular weight is 227 g/mol. The number of carbonyl (C=O) groups excluding carboxylic acids is 1. The van der Waals surface area contributed by atoms with E-state index in [0.29, 0.717) is 17.9 Å². The number of amides is 1. The van der Waals surface area contributed by atoms with Crippen molar-refractivity contribution >= 4 is 5.91 Å². The van der Waals surface area contributed by atoms with Gasteiger partial charge in [0.2, 0.25) is 5.91 Å². The summed E-state index contributed by atoms with van der Waals surface area (Å²) in [5, 5.41) is 3.07. The van der Waals surface area contributed by atoms with Crippen LogP contribution in [0.2, 0.25) is 0 Å². The van der Waals surface area contributed by atoms with E-state index in [1.165, 1.54) is 6.42 Å². The van der Waals surface area contributed by atoms with Crippen molar-refractivity contribution in [3.8, 4) is 0 Å². The van der Waals surface area contributed by atoms with E-state index in [-0.39, 0.29) is 18.1 Å². The van der Waals surface area contributed by atoms with Gasteiger partial charge in [0.25, 0.3) is 0 Å². The van der Waals surface area contributed by atoms with Crippen LogP contribution in [0.15, 0.2) is 0 Å². The molecule has 0 aromatic rings. The largest absolute Gasteiger partial charge is 0.366 e. The highest BCUT2D eigenvalue weighted by Gasteiger charge is 2.30. The highest BCUT2D eigenvalue weighted by molar-refractivity contribution is 5.77. The van der Waals surface area contributed by atoms with E-state index < -0.39 is 0 Å². The van der Waals surface area contributed by atoms with Gasteiger partial charge in [-0.15, -0.1) is 0 Å². The van der Waals surface area contributed by atoms with Gasteiger partial charge in [0.15, 0.2) is 0 Å². The fourth-order valence-corrected chi connectivity index (χ4v) is 2.10. The standard InChI is InChI=1S/C13H25NO2/c1-9-6-7-11(10(9)2)14-12(15)8-16-13(3,4)5/h9-11H,6-8H2,1-5H3,(H,14,15). The Morgan fingerprint density at radius 1 is 1.31 bits per heavy atom. The topological polar surface area (TPSA) is 38.3 Å². The smallest absolute Gasteiger partial charge is 0.246 e. The summed E-state index contributed by atoms with van der Waals surface area (Å²) < 4.78 is 5.45. The fraction of sp³-hybridized carbons (Fsp3) is 0.923. The van der Waals surface area contributed by atoms with Gasteiger partial charge in [0.05, 0.1) is 5.60 Å². The molecule has 94 valence electrons. The van der Waals surface area contributed by atoms with Gasteiger partial charge in [-0.2, -0.15) is 0 Å². The zero-order chi connectivity index (χ0) is 12.3. The third kappa shape index (κ3) is 4.12. The first-order chi connectivity index (χ1) is 7.29. The first-order valence-corrected chi connectivity index (χ1v) is 6.23. The Balaban J connectivity index is 2.30. The minimum atomic E-state index is -0.244. The lowest BCUT2D eigenvalue weighted by Gasteiger charge is -2.22. The Hall–Kier alpha value is -0.570. The molecule has 0 saturated heterocycles. The Labute approximate surface area is 98.9 Å². The van der Waals surface area contributed by atoms with E-state index >= 15 is 0 Å². The van der Waals surface area contributed by atoms with Crippen LogP contribution >= 0.6 is 0 Å². The maximum atomic E-state index is 11.7. The molecule has 0 spiro atoms. The third-order valence-corrected chi connectivity index (χ3v) is 3.45. The summed E-state index contributed by atoms with van der Waals surface area (Å²) in [6.07, 6.45) is 2.32. The van der Waals surface area contributed by atoms with E-state index in [2.05, 4.69) is 19.2 Å². The predicted molar refractivity (Wildman–Crippen MR) is 65.2 cm³/mol. The fourth-order valence-electron chi connectivity index (χ4n) is 2.10. The zero-order valence-corrected chi connectivity index (χ0v) is 11.2. The number of hydrogen-bond donors (Lipinski definition) is 1. The van der Waals surface area contributed by atoms with Gasteiger partial charge in [-0.05, 0) is 45.4 Å². The molecule has 1 saturated carbocycles. The van der Waals surface area contributed by atoms with Crippen molar-refractivity contribution in [1.29, 1.82) is 0 Å². The molecule has 3 atom stereocenters. The number of ether oxygens (including phenoxy) is 1. The molecule has 0 heterocycles. The van der Waals surface area contributed by atoms with Gasteiger partial charge in [0, 0.05) is 6.04 Å². The molecule has 3 nitrogen and oxygen atoms in total. The van der Waals surface area contributed by atoms with Gasteiger partial charge in [-0.25, -0.2) is 0 Å². The molecular formula is C13H25NO2. The first kappa shape index (κ1) is 13.5. The predicted octanol–water partition coefficient (Wildman–Crippen LogP) is 2.35. The summed E-state index contributed by atoms with van der Waals surface area (Å²) in [6, 6.07) is 0.339. The highest BCUT2D eigenvalue weighted by atomic mass is 16.5. The van der Waals surface area contributed by atoms with Crippen LogP contribution in [0.4, 0.5) is 0 Å². The Morgan fingerprint density at radius 3 is 2.38 bits per heavy atom. The molecule has 0 bridgehead atoms. The van der Waals surface area contributed by atoms with Crippen LogP contribution in [-0.2, 0) is 9.53 Å². The van der Waals surface area contributed by atoms with Gasteiger partial charge in [0.1, 0.15) is 6.61 Å².